The van der Waals surface area contributed by atoms with Gasteiger partial charge in [0.25, 0.3) is 0 Å². The Morgan fingerprint density at radius 3 is 2.50 bits per heavy atom. The van der Waals surface area contributed by atoms with Crippen molar-refractivity contribution in [3.8, 4) is 0 Å². The minimum absolute atomic E-state index is 0.00900. The lowest BCUT2D eigenvalue weighted by atomic mass is 9.77. The number of aliphatic carboxylic acids is 1. The van der Waals surface area contributed by atoms with Gasteiger partial charge in [0.05, 0.1) is 5.92 Å². The van der Waals surface area contributed by atoms with Crippen LogP contribution in [0.15, 0.2) is 24.3 Å². The molecule has 1 aliphatic carbocycles. The first kappa shape index (κ1) is 18.4. The molecule has 2 amide bonds. The number of carbonyl (C=O) groups excluding carboxylic acids is 2. The predicted molar refractivity (Wildman–Crippen MR) is 97.8 cm³/mol. The van der Waals surface area contributed by atoms with Crippen molar-refractivity contribution in [2.45, 2.75) is 58.0 Å². The monoisotopic (exact) mass is 358 g/mol. The van der Waals surface area contributed by atoms with Crippen LogP contribution >= 0.6 is 0 Å². The van der Waals surface area contributed by atoms with Gasteiger partial charge in [0, 0.05) is 17.6 Å². The molecule has 3 unspecified atom stereocenters. The summed E-state index contributed by atoms with van der Waals surface area (Å²) in [5.74, 6) is -2.25. The van der Waals surface area contributed by atoms with E-state index in [1.807, 2.05) is 36.1 Å². The summed E-state index contributed by atoms with van der Waals surface area (Å²) in [5.41, 5.74) is 2.10. The van der Waals surface area contributed by atoms with Gasteiger partial charge >= 0.3 is 5.97 Å². The zero-order valence-electron chi connectivity index (χ0n) is 15.3. The number of nitrogens with one attached hydrogen (secondary N) is 1. The molecule has 0 bridgehead atoms. The first-order valence-corrected chi connectivity index (χ1v) is 9.34. The Balaban J connectivity index is 1.80. The van der Waals surface area contributed by atoms with Crippen molar-refractivity contribution in [2.75, 3.05) is 4.90 Å². The number of para-hydroxylation sites is 1. The summed E-state index contributed by atoms with van der Waals surface area (Å²) >= 11 is 0. The van der Waals surface area contributed by atoms with E-state index in [0.29, 0.717) is 12.8 Å². The van der Waals surface area contributed by atoms with E-state index in [-0.39, 0.29) is 17.9 Å². The fraction of sp³-hybridized carbons (Fsp3) is 0.550. The quantitative estimate of drug-likeness (QED) is 0.865. The molecule has 0 spiro atoms. The largest absolute Gasteiger partial charge is 0.480 e. The number of nitrogens with zero attached hydrogens (tertiary/aromatic N) is 1. The van der Waals surface area contributed by atoms with Crippen molar-refractivity contribution in [2.24, 2.45) is 11.8 Å². The molecule has 6 nitrogen and oxygen atoms in total. The molecule has 0 radical (unpaired) electrons. The smallest absolute Gasteiger partial charge is 0.325 e. The van der Waals surface area contributed by atoms with Crippen LogP contribution in [0.5, 0.6) is 0 Å². The lowest BCUT2D eigenvalue weighted by Gasteiger charge is -2.34. The summed E-state index contributed by atoms with van der Waals surface area (Å²) in [6.07, 6.45) is 3.91. The first-order chi connectivity index (χ1) is 12.4. The van der Waals surface area contributed by atoms with E-state index >= 15 is 0 Å². The van der Waals surface area contributed by atoms with Crippen molar-refractivity contribution in [1.82, 2.24) is 5.32 Å². The molecule has 6 heteroatoms. The lowest BCUT2D eigenvalue weighted by molar-refractivity contribution is -0.143. The Kier molecular flexibility index (Phi) is 5.30. The van der Waals surface area contributed by atoms with Gasteiger partial charge in [-0.2, -0.15) is 0 Å². The number of rotatable bonds is 4. The van der Waals surface area contributed by atoms with Gasteiger partial charge in [-0.25, -0.2) is 0 Å². The summed E-state index contributed by atoms with van der Waals surface area (Å²) in [5, 5.41) is 11.6. The highest BCUT2D eigenvalue weighted by Gasteiger charge is 2.41. The summed E-state index contributed by atoms with van der Waals surface area (Å²) < 4.78 is 0. The van der Waals surface area contributed by atoms with E-state index in [4.69, 9.17) is 5.11 Å². The van der Waals surface area contributed by atoms with Gasteiger partial charge in [-0.05, 0) is 44.7 Å². The van der Waals surface area contributed by atoms with Crippen LogP contribution in [0.3, 0.4) is 0 Å². The number of benzene rings is 1. The number of fused-ring (bicyclic) bond motifs is 1. The molecule has 2 N–H and O–H groups in total. The van der Waals surface area contributed by atoms with Crippen molar-refractivity contribution in [3.63, 3.8) is 0 Å². The van der Waals surface area contributed by atoms with Gasteiger partial charge in [-0.15, -0.1) is 0 Å². The van der Waals surface area contributed by atoms with E-state index in [1.165, 1.54) is 6.92 Å². The van der Waals surface area contributed by atoms with Crippen LogP contribution < -0.4 is 10.2 Å². The lowest BCUT2D eigenvalue weighted by Crippen LogP contribution is -2.49. The first-order valence-electron chi connectivity index (χ1n) is 9.34. The summed E-state index contributed by atoms with van der Waals surface area (Å²) in [6, 6.07) is 7.02. The second-order valence-electron chi connectivity index (χ2n) is 7.46. The van der Waals surface area contributed by atoms with E-state index < -0.39 is 23.8 Å². The zero-order valence-corrected chi connectivity index (χ0v) is 15.3. The number of hydrogen-bond acceptors (Lipinski definition) is 3. The van der Waals surface area contributed by atoms with Gasteiger partial charge in [0.2, 0.25) is 11.8 Å². The molecule has 1 aromatic carbocycles. The van der Waals surface area contributed by atoms with E-state index in [9.17, 15) is 14.4 Å². The summed E-state index contributed by atoms with van der Waals surface area (Å²) in [7, 11) is 0. The van der Waals surface area contributed by atoms with Crippen molar-refractivity contribution in [3.05, 3.63) is 29.8 Å². The Labute approximate surface area is 153 Å². The highest BCUT2D eigenvalue weighted by molar-refractivity contribution is 6.00. The third-order valence-corrected chi connectivity index (χ3v) is 5.59. The molecule has 1 aliphatic heterocycles. The SMILES string of the molecule is CC1Cc2ccccc2N1C(=O)C1CCCCC1C(=O)N[C@@H](C)C(=O)O. The van der Waals surface area contributed by atoms with Crippen LogP contribution in [0, 0.1) is 11.8 Å². The van der Waals surface area contributed by atoms with Gasteiger partial charge in [-0.1, -0.05) is 31.0 Å². The fourth-order valence-corrected chi connectivity index (χ4v) is 4.20. The molecule has 0 aromatic heterocycles. The van der Waals surface area contributed by atoms with Gasteiger partial charge in [0.1, 0.15) is 6.04 Å². The molecule has 1 heterocycles. The van der Waals surface area contributed by atoms with Gasteiger partial charge in [-0.3, -0.25) is 14.4 Å². The van der Waals surface area contributed by atoms with Crippen LogP contribution in [-0.2, 0) is 20.8 Å². The zero-order chi connectivity index (χ0) is 18.8. The van der Waals surface area contributed by atoms with Gasteiger partial charge < -0.3 is 15.3 Å². The average molecular weight is 358 g/mol. The molecule has 3 rings (SSSR count). The molecular formula is C20H26N2O4. The van der Waals surface area contributed by atoms with Crippen LogP contribution in [-0.4, -0.2) is 35.0 Å². The third-order valence-electron chi connectivity index (χ3n) is 5.59. The Morgan fingerprint density at radius 1 is 1.15 bits per heavy atom. The Hall–Kier alpha value is -2.37. The molecule has 140 valence electrons. The van der Waals surface area contributed by atoms with E-state index in [2.05, 4.69) is 5.32 Å². The molecule has 0 saturated heterocycles. The summed E-state index contributed by atoms with van der Waals surface area (Å²) in [6.45, 7) is 3.47. The van der Waals surface area contributed by atoms with Crippen LogP contribution in [0.2, 0.25) is 0 Å². The van der Waals surface area contributed by atoms with Crippen LogP contribution in [0.4, 0.5) is 5.69 Å². The molecule has 2 aliphatic rings. The fourth-order valence-electron chi connectivity index (χ4n) is 4.20. The van der Waals surface area contributed by atoms with E-state index in [1.54, 1.807) is 0 Å². The number of carbonyl (C=O) groups is 3. The maximum absolute atomic E-state index is 13.3. The maximum atomic E-state index is 13.3. The second kappa shape index (κ2) is 7.48. The number of anilines is 1. The molecule has 1 fully saturated rings. The van der Waals surface area contributed by atoms with Gasteiger partial charge in [0.15, 0.2) is 0 Å². The second-order valence-corrected chi connectivity index (χ2v) is 7.46. The Morgan fingerprint density at radius 2 is 1.81 bits per heavy atom. The normalized spacial score (nSPS) is 26.1. The number of amides is 2. The van der Waals surface area contributed by atoms with Crippen LogP contribution in [0.1, 0.15) is 45.1 Å². The van der Waals surface area contributed by atoms with E-state index in [0.717, 1.165) is 30.5 Å². The average Bonchev–Trinajstić information content (AvgIpc) is 2.96. The number of hydrogen-bond donors (Lipinski definition) is 2. The highest BCUT2D eigenvalue weighted by Crippen LogP contribution is 2.38. The molecule has 4 atom stereocenters. The highest BCUT2D eigenvalue weighted by atomic mass is 16.4. The standard InChI is InChI=1S/C20H26N2O4/c1-12-11-14-7-3-6-10-17(14)22(12)19(24)16-9-5-4-8-15(16)18(23)21-13(2)20(25)26/h3,6-7,10,12-13,15-16H,4-5,8-9,11H2,1-2H3,(H,21,23)(H,25,26)/t12?,13-,15?,16?/m0/s1. The minimum atomic E-state index is -1.07. The molecular weight excluding hydrogens is 332 g/mol. The summed E-state index contributed by atoms with van der Waals surface area (Å²) in [4.78, 5) is 38.8. The van der Waals surface area contributed by atoms with Crippen molar-refractivity contribution >= 4 is 23.5 Å². The molecule has 1 saturated carbocycles. The van der Waals surface area contributed by atoms with Crippen LogP contribution in [0.25, 0.3) is 0 Å². The predicted octanol–water partition coefficient (Wildman–Crippen LogP) is 2.36. The molecule has 1 aromatic rings. The van der Waals surface area contributed by atoms with Crippen molar-refractivity contribution in [1.29, 1.82) is 0 Å². The number of carboxylic acids is 1. The minimum Gasteiger partial charge on any atom is -0.480 e. The Bertz CT molecular complexity index is 718. The topological polar surface area (TPSA) is 86.7 Å². The molecule has 26 heavy (non-hydrogen) atoms. The van der Waals surface area contributed by atoms with Crippen molar-refractivity contribution < 1.29 is 19.5 Å². The third kappa shape index (κ3) is 3.45. The maximum Gasteiger partial charge on any atom is 0.325 e. The number of carboxylic acid groups (broad SMARTS) is 1.